The summed E-state index contributed by atoms with van der Waals surface area (Å²) in [5.41, 5.74) is 1.18. The zero-order valence-corrected chi connectivity index (χ0v) is 12.9. The van der Waals surface area contributed by atoms with Crippen LogP contribution in [0.2, 0.25) is 0 Å². The summed E-state index contributed by atoms with van der Waals surface area (Å²) in [5.74, 6) is 2.16. The van der Waals surface area contributed by atoms with Crippen molar-refractivity contribution in [2.45, 2.75) is 13.3 Å². The van der Waals surface area contributed by atoms with Crippen LogP contribution in [0.25, 0.3) is 0 Å². The molecule has 1 atom stereocenters. The Hall–Kier alpha value is -1.75. The van der Waals surface area contributed by atoms with E-state index in [1.807, 2.05) is 18.2 Å². The number of methoxy groups -OCH3 is 2. The monoisotopic (exact) mass is 292 g/mol. The molecule has 2 N–H and O–H groups in total. The van der Waals surface area contributed by atoms with Gasteiger partial charge in [0.25, 0.3) is 0 Å². The number of rotatable bonds is 7. The number of carbonyl (C=O) groups is 1. The molecule has 1 fully saturated rings. The van der Waals surface area contributed by atoms with Gasteiger partial charge in [-0.05, 0) is 30.0 Å². The first kappa shape index (κ1) is 15.6. The summed E-state index contributed by atoms with van der Waals surface area (Å²) in [7, 11) is 3.27. The first-order valence-corrected chi connectivity index (χ1v) is 7.33. The molecular formula is C16H24N2O3. The summed E-state index contributed by atoms with van der Waals surface area (Å²) in [5, 5.41) is 6.13. The Bertz CT molecular complexity index is 486. The molecule has 1 unspecified atom stereocenters. The van der Waals surface area contributed by atoms with Crippen LogP contribution >= 0.6 is 0 Å². The molecule has 0 radical (unpaired) electrons. The summed E-state index contributed by atoms with van der Waals surface area (Å²) < 4.78 is 10.5. The maximum Gasteiger partial charge on any atom is 0.225 e. The van der Waals surface area contributed by atoms with Crippen LogP contribution < -0.4 is 20.1 Å². The minimum atomic E-state index is 0.151. The standard InChI is InChI=1S/C16H24N2O3/c1-11(8-18-16(19)13-9-17-10-13)6-12-4-5-14(20-2)15(7-12)21-3/h4-5,7,11,13,17H,6,8-10H2,1-3H3,(H,18,19). The lowest BCUT2D eigenvalue weighted by Gasteiger charge is -2.26. The number of nitrogens with one attached hydrogen (secondary N) is 2. The fourth-order valence-corrected chi connectivity index (χ4v) is 2.38. The molecule has 5 heteroatoms. The van der Waals surface area contributed by atoms with Crippen LogP contribution in [0.15, 0.2) is 18.2 Å². The number of carbonyl (C=O) groups excluding carboxylic acids is 1. The third kappa shape index (κ3) is 4.11. The van der Waals surface area contributed by atoms with E-state index in [9.17, 15) is 4.79 Å². The Kier molecular flexibility index (Phi) is 5.44. The van der Waals surface area contributed by atoms with Gasteiger partial charge < -0.3 is 20.1 Å². The van der Waals surface area contributed by atoms with E-state index in [0.29, 0.717) is 12.5 Å². The zero-order chi connectivity index (χ0) is 15.2. The van der Waals surface area contributed by atoms with E-state index < -0.39 is 0 Å². The summed E-state index contributed by atoms with van der Waals surface area (Å²) >= 11 is 0. The van der Waals surface area contributed by atoms with Crippen molar-refractivity contribution in [3.63, 3.8) is 0 Å². The topological polar surface area (TPSA) is 59.6 Å². The van der Waals surface area contributed by atoms with Crippen LogP contribution in [0, 0.1) is 11.8 Å². The quantitative estimate of drug-likeness (QED) is 0.793. The van der Waals surface area contributed by atoms with Gasteiger partial charge in [-0.1, -0.05) is 13.0 Å². The van der Waals surface area contributed by atoms with Gasteiger partial charge in [-0.2, -0.15) is 0 Å². The lowest BCUT2D eigenvalue weighted by molar-refractivity contribution is -0.126. The molecule has 1 aliphatic rings. The second-order valence-corrected chi connectivity index (χ2v) is 5.60. The Morgan fingerprint density at radius 1 is 1.33 bits per heavy atom. The molecule has 0 saturated carbocycles. The van der Waals surface area contributed by atoms with Crippen LogP contribution in [0.4, 0.5) is 0 Å². The highest BCUT2D eigenvalue weighted by Gasteiger charge is 2.24. The van der Waals surface area contributed by atoms with Gasteiger partial charge in [0.1, 0.15) is 0 Å². The Morgan fingerprint density at radius 3 is 2.62 bits per heavy atom. The molecule has 1 amide bonds. The van der Waals surface area contributed by atoms with Crippen LogP contribution in [0.5, 0.6) is 11.5 Å². The molecule has 0 aromatic heterocycles. The lowest BCUT2D eigenvalue weighted by atomic mass is 9.99. The van der Waals surface area contributed by atoms with Crippen molar-refractivity contribution in [1.82, 2.24) is 10.6 Å². The van der Waals surface area contributed by atoms with Gasteiger partial charge in [0.2, 0.25) is 5.91 Å². The Balaban J connectivity index is 1.84. The smallest absolute Gasteiger partial charge is 0.225 e. The van der Waals surface area contributed by atoms with Gasteiger partial charge in [0.05, 0.1) is 20.1 Å². The van der Waals surface area contributed by atoms with Crippen molar-refractivity contribution >= 4 is 5.91 Å². The van der Waals surface area contributed by atoms with Crippen molar-refractivity contribution in [3.8, 4) is 11.5 Å². The van der Waals surface area contributed by atoms with Crippen molar-refractivity contribution < 1.29 is 14.3 Å². The van der Waals surface area contributed by atoms with Crippen molar-refractivity contribution in [2.24, 2.45) is 11.8 Å². The second kappa shape index (κ2) is 7.31. The average molecular weight is 292 g/mol. The van der Waals surface area contributed by atoms with Gasteiger partial charge in [-0.3, -0.25) is 4.79 Å². The molecule has 1 heterocycles. The third-order valence-electron chi connectivity index (χ3n) is 3.81. The number of ether oxygens (including phenoxy) is 2. The summed E-state index contributed by atoms with van der Waals surface area (Å²) in [6, 6.07) is 5.95. The number of hydrogen-bond donors (Lipinski definition) is 2. The van der Waals surface area contributed by atoms with Gasteiger partial charge >= 0.3 is 0 Å². The lowest BCUT2D eigenvalue weighted by Crippen LogP contribution is -2.51. The van der Waals surface area contributed by atoms with Gasteiger partial charge in [0.15, 0.2) is 11.5 Å². The highest BCUT2D eigenvalue weighted by atomic mass is 16.5. The SMILES string of the molecule is COc1ccc(CC(C)CNC(=O)C2CNC2)cc1OC. The number of hydrogen-bond acceptors (Lipinski definition) is 4. The Labute approximate surface area is 126 Å². The normalized spacial score (nSPS) is 16.0. The summed E-state index contributed by atoms with van der Waals surface area (Å²) in [6.07, 6.45) is 0.892. The van der Waals surface area contributed by atoms with E-state index in [2.05, 4.69) is 17.6 Å². The van der Waals surface area contributed by atoms with Gasteiger partial charge in [-0.25, -0.2) is 0 Å². The molecular weight excluding hydrogens is 268 g/mol. The third-order valence-corrected chi connectivity index (χ3v) is 3.81. The number of amides is 1. The molecule has 1 aromatic carbocycles. The molecule has 116 valence electrons. The van der Waals surface area contributed by atoms with E-state index in [1.54, 1.807) is 14.2 Å². The maximum absolute atomic E-state index is 11.8. The van der Waals surface area contributed by atoms with Crippen LogP contribution in [-0.2, 0) is 11.2 Å². The van der Waals surface area contributed by atoms with Crippen molar-refractivity contribution in [2.75, 3.05) is 33.9 Å². The van der Waals surface area contributed by atoms with Crippen LogP contribution in [-0.4, -0.2) is 39.8 Å². The molecule has 1 aliphatic heterocycles. The molecule has 0 aliphatic carbocycles. The minimum absolute atomic E-state index is 0.151. The first-order chi connectivity index (χ1) is 10.1. The molecule has 0 spiro atoms. The maximum atomic E-state index is 11.8. The summed E-state index contributed by atoms with van der Waals surface area (Å²) in [6.45, 7) is 4.44. The van der Waals surface area contributed by atoms with Crippen LogP contribution in [0.3, 0.4) is 0 Å². The predicted octanol–water partition coefficient (Wildman–Crippen LogP) is 1.22. The van der Waals surface area contributed by atoms with E-state index >= 15 is 0 Å². The molecule has 2 rings (SSSR count). The highest BCUT2D eigenvalue weighted by Crippen LogP contribution is 2.28. The first-order valence-electron chi connectivity index (χ1n) is 7.33. The van der Waals surface area contributed by atoms with E-state index in [-0.39, 0.29) is 11.8 Å². The minimum Gasteiger partial charge on any atom is -0.493 e. The molecule has 1 aromatic rings. The fourth-order valence-electron chi connectivity index (χ4n) is 2.38. The van der Waals surface area contributed by atoms with Crippen molar-refractivity contribution in [1.29, 1.82) is 0 Å². The predicted molar refractivity (Wildman–Crippen MR) is 81.8 cm³/mol. The van der Waals surface area contributed by atoms with Gasteiger partial charge in [0, 0.05) is 19.6 Å². The molecule has 5 nitrogen and oxygen atoms in total. The molecule has 1 saturated heterocycles. The molecule has 0 bridgehead atoms. The largest absolute Gasteiger partial charge is 0.493 e. The molecule has 21 heavy (non-hydrogen) atoms. The average Bonchev–Trinajstić information content (AvgIpc) is 2.43. The van der Waals surface area contributed by atoms with Crippen LogP contribution in [0.1, 0.15) is 12.5 Å². The van der Waals surface area contributed by atoms with E-state index in [1.165, 1.54) is 5.56 Å². The highest BCUT2D eigenvalue weighted by molar-refractivity contribution is 5.79. The van der Waals surface area contributed by atoms with Crippen molar-refractivity contribution in [3.05, 3.63) is 23.8 Å². The fraction of sp³-hybridized carbons (Fsp3) is 0.562. The van der Waals surface area contributed by atoms with E-state index in [4.69, 9.17) is 9.47 Å². The summed E-state index contributed by atoms with van der Waals surface area (Å²) in [4.78, 5) is 11.8. The van der Waals surface area contributed by atoms with Gasteiger partial charge in [-0.15, -0.1) is 0 Å². The zero-order valence-electron chi connectivity index (χ0n) is 12.9. The second-order valence-electron chi connectivity index (χ2n) is 5.60. The Morgan fingerprint density at radius 2 is 2.05 bits per heavy atom. The number of benzene rings is 1. The van der Waals surface area contributed by atoms with E-state index in [0.717, 1.165) is 31.0 Å².